The van der Waals surface area contributed by atoms with Gasteiger partial charge >= 0.3 is 6.18 Å². The van der Waals surface area contributed by atoms with Gasteiger partial charge in [-0.15, -0.1) is 5.10 Å². The van der Waals surface area contributed by atoms with Crippen LogP contribution in [0, 0.1) is 0 Å². The van der Waals surface area contributed by atoms with Gasteiger partial charge in [0, 0.05) is 6.54 Å². The number of hydrogen-bond donors (Lipinski definition) is 1. The highest BCUT2D eigenvalue weighted by Gasteiger charge is 2.31. The van der Waals surface area contributed by atoms with Crippen molar-refractivity contribution in [1.29, 1.82) is 0 Å². The Morgan fingerprint density at radius 2 is 2.03 bits per heavy atom. The number of nitrogens with zero attached hydrogens (tertiary/aromatic N) is 3. The van der Waals surface area contributed by atoms with E-state index in [-0.39, 0.29) is 24.9 Å². The fourth-order valence-electron chi connectivity index (χ4n) is 3.33. The van der Waals surface area contributed by atoms with E-state index >= 15 is 0 Å². The minimum atomic E-state index is -4.44. The maximum Gasteiger partial charge on any atom is 0.416 e. The van der Waals surface area contributed by atoms with Crippen molar-refractivity contribution in [2.24, 2.45) is 0 Å². The predicted octanol–water partition coefficient (Wildman–Crippen LogP) is 3.51. The van der Waals surface area contributed by atoms with Crippen molar-refractivity contribution in [1.82, 2.24) is 20.3 Å². The summed E-state index contributed by atoms with van der Waals surface area (Å²) in [6.07, 6.45) is -4.69. The van der Waals surface area contributed by atoms with Crippen LogP contribution < -0.4 is 10.1 Å². The van der Waals surface area contributed by atoms with Crippen LogP contribution in [0.25, 0.3) is 0 Å². The molecule has 7 nitrogen and oxygen atoms in total. The van der Waals surface area contributed by atoms with Crippen molar-refractivity contribution < 1.29 is 27.4 Å². The maximum absolute atomic E-state index is 12.8. The van der Waals surface area contributed by atoms with Gasteiger partial charge in [0.2, 0.25) is 0 Å². The summed E-state index contributed by atoms with van der Waals surface area (Å²) in [7, 11) is 1.59. The number of fused-ring (bicyclic) bond motifs is 1. The number of methoxy groups -OCH3 is 1. The molecule has 0 unspecified atom stereocenters. The predicted molar refractivity (Wildman–Crippen MR) is 103 cm³/mol. The smallest absolute Gasteiger partial charge is 0.416 e. The van der Waals surface area contributed by atoms with Crippen molar-refractivity contribution >= 4 is 5.91 Å². The normalized spacial score (nSPS) is 15.9. The van der Waals surface area contributed by atoms with E-state index in [0.29, 0.717) is 17.8 Å². The van der Waals surface area contributed by atoms with Crippen LogP contribution in [0.2, 0.25) is 0 Å². The number of nitrogens with one attached hydrogen (secondary N) is 1. The number of alkyl halides is 3. The number of rotatable bonds is 5. The van der Waals surface area contributed by atoms with Gasteiger partial charge in [0.25, 0.3) is 5.91 Å². The molecule has 0 fully saturated rings. The number of amides is 1. The lowest BCUT2D eigenvalue weighted by atomic mass is 10.1. The molecule has 2 heterocycles. The summed E-state index contributed by atoms with van der Waals surface area (Å²) in [6.45, 7) is 0.454. The largest absolute Gasteiger partial charge is 0.497 e. The van der Waals surface area contributed by atoms with Crippen molar-refractivity contribution in [3.8, 4) is 5.75 Å². The highest BCUT2D eigenvalue weighted by atomic mass is 19.4. The molecule has 4 rings (SSSR count). The lowest BCUT2D eigenvalue weighted by Gasteiger charge is -2.24. The van der Waals surface area contributed by atoms with E-state index in [1.807, 2.05) is 24.3 Å². The number of ether oxygens (including phenoxy) is 2. The molecule has 1 aliphatic heterocycles. The second-order valence-electron chi connectivity index (χ2n) is 7.02. The number of carbonyl (C=O) groups is 1. The molecular formula is C21H19F3N4O3. The molecule has 162 valence electrons. The van der Waals surface area contributed by atoms with E-state index in [1.165, 1.54) is 12.1 Å². The van der Waals surface area contributed by atoms with Crippen molar-refractivity contribution in [3.63, 3.8) is 0 Å². The van der Waals surface area contributed by atoms with Crippen LogP contribution in [0.4, 0.5) is 13.2 Å². The minimum absolute atomic E-state index is 0.0651. The van der Waals surface area contributed by atoms with E-state index in [9.17, 15) is 18.0 Å². The standard InChI is InChI=1S/C21H19F3N4O3/c1-30-16-7-5-14(6-8-16)18-11-28-17(12-31-18)19(26-27-28)20(29)25-10-13-3-2-4-15(9-13)21(22,23)24/h2-9,18H,10-12H2,1H3,(H,25,29)/t18-/m0/s1. The molecule has 0 saturated heterocycles. The van der Waals surface area contributed by atoms with Crippen molar-refractivity contribution in [2.75, 3.05) is 7.11 Å². The summed E-state index contributed by atoms with van der Waals surface area (Å²) in [6, 6.07) is 12.3. The summed E-state index contributed by atoms with van der Waals surface area (Å²) in [5, 5.41) is 10.6. The van der Waals surface area contributed by atoms with Crippen LogP contribution in [0.15, 0.2) is 48.5 Å². The average molecular weight is 432 g/mol. The Balaban J connectivity index is 1.42. The second kappa shape index (κ2) is 8.38. The monoisotopic (exact) mass is 432 g/mol. The Hall–Kier alpha value is -3.40. The van der Waals surface area contributed by atoms with E-state index in [4.69, 9.17) is 9.47 Å². The molecular weight excluding hydrogens is 413 g/mol. The second-order valence-corrected chi connectivity index (χ2v) is 7.02. The zero-order valence-electron chi connectivity index (χ0n) is 16.5. The lowest BCUT2D eigenvalue weighted by molar-refractivity contribution is -0.137. The van der Waals surface area contributed by atoms with E-state index in [1.54, 1.807) is 11.8 Å². The van der Waals surface area contributed by atoms with Gasteiger partial charge in [0.05, 0.1) is 31.5 Å². The van der Waals surface area contributed by atoms with Crippen molar-refractivity contribution in [2.45, 2.75) is 32.0 Å². The van der Waals surface area contributed by atoms with Gasteiger partial charge in [-0.25, -0.2) is 4.68 Å². The number of aromatic nitrogens is 3. The molecule has 0 saturated carbocycles. The van der Waals surface area contributed by atoms with Gasteiger partial charge in [-0.3, -0.25) is 4.79 Å². The van der Waals surface area contributed by atoms with E-state index in [2.05, 4.69) is 15.6 Å². The quantitative estimate of drug-likeness (QED) is 0.668. The first-order valence-electron chi connectivity index (χ1n) is 9.47. The highest BCUT2D eigenvalue weighted by molar-refractivity contribution is 5.93. The lowest BCUT2D eigenvalue weighted by Crippen LogP contribution is -2.27. The molecule has 2 aromatic carbocycles. The van der Waals surface area contributed by atoms with Crippen LogP contribution in [0.3, 0.4) is 0 Å². The van der Waals surface area contributed by atoms with E-state index in [0.717, 1.165) is 23.4 Å². The molecule has 3 aromatic rings. The number of hydrogen-bond acceptors (Lipinski definition) is 5. The maximum atomic E-state index is 12.8. The molecule has 1 atom stereocenters. The summed E-state index contributed by atoms with van der Waals surface area (Å²) >= 11 is 0. The summed E-state index contributed by atoms with van der Waals surface area (Å²) in [5.74, 6) is 0.214. The van der Waals surface area contributed by atoms with Crippen LogP contribution in [-0.4, -0.2) is 28.0 Å². The van der Waals surface area contributed by atoms with Crippen LogP contribution in [0.5, 0.6) is 5.75 Å². The molecule has 1 aromatic heterocycles. The Morgan fingerprint density at radius 1 is 1.26 bits per heavy atom. The average Bonchev–Trinajstić information content (AvgIpc) is 3.20. The molecule has 10 heteroatoms. The fraction of sp³-hybridized carbons (Fsp3) is 0.286. The van der Waals surface area contributed by atoms with Gasteiger partial charge in [0.1, 0.15) is 11.9 Å². The molecule has 0 aliphatic carbocycles. The van der Waals surface area contributed by atoms with Gasteiger partial charge in [-0.2, -0.15) is 13.2 Å². The van der Waals surface area contributed by atoms with Gasteiger partial charge in [-0.1, -0.05) is 29.5 Å². The SMILES string of the molecule is COc1ccc([C@@H]2Cn3nnc(C(=O)NCc4cccc(C(F)(F)F)c4)c3CO2)cc1. The topological polar surface area (TPSA) is 78.3 Å². The van der Waals surface area contributed by atoms with Crippen LogP contribution in [0.1, 0.15) is 39.0 Å². The number of carbonyl (C=O) groups excluding carboxylic acids is 1. The van der Waals surface area contributed by atoms with Crippen molar-refractivity contribution in [3.05, 3.63) is 76.6 Å². The summed E-state index contributed by atoms with van der Waals surface area (Å²) in [4.78, 5) is 12.5. The highest BCUT2D eigenvalue weighted by Crippen LogP contribution is 2.30. The van der Waals surface area contributed by atoms with E-state index < -0.39 is 17.6 Å². The Kier molecular flexibility index (Phi) is 5.64. The van der Waals surface area contributed by atoms with Crippen LogP contribution in [-0.2, 0) is 30.6 Å². The third-order valence-electron chi connectivity index (χ3n) is 5.01. The summed E-state index contributed by atoms with van der Waals surface area (Å²) < 4.78 is 51.2. The van der Waals surface area contributed by atoms with Gasteiger partial charge in [0.15, 0.2) is 5.69 Å². The Morgan fingerprint density at radius 3 is 2.74 bits per heavy atom. The van der Waals surface area contributed by atoms with Gasteiger partial charge < -0.3 is 14.8 Å². The zero-order chi connectivity index (χ0) is 22.0. The molecule has 0 radical (unpaired) electrons. The fourth-order valence-corrected chi connectivity index (χ4v) is 3.33. The Labute approximate surface area is 175 Å². The zero-order valence-corrected chi connectivity index (χ0v) is 16.5. The first-order valence-corrected chi connectivity index (χ1v) is 9.47. The number of benzene rings is 2. The molecule has 1 N–H and O–H groups in total. The molecule has 0 spiro atoms. The first-order chi connectivity index (χ1) is 14.8. The number of halogens is 3. The summed E-state index contributed by atoms with van der Waals surface area (Å²) in [5.41, 5.74) is 1.13. The van der Waals surface area contributed by atoms with Gasteiger partial charge in [-0.05, 0) is 35.4 Å². The first kappa shape index (κ1) is 20.9. The third kappa shape index (κ3) is 4.53. The third-order valence-corrected chi connectivity index (χ3v) is 5.01. The molecule has 1 amide bonds. The molecule has 31 heavy (non-hydrogen) atoms. The molecule has 0 bridgehead atoms. The Bertz CT molecular complexity index is 1080. The van der Waals surface area contributed by atoms with Crippen LogP contribution >= 0.6 is 0 Å². The molecule has 1 aliphatic rings. The minimum Gasteiger partial charge on any atom is -0.497 e.